The third kappa shape index (κ3) is 2.79. The number of amides is 1. The molecule has 4 heterocycles. The molecule has 2 aliphatic heterocycles. The van der Waals surface area contributed by atoms with Crippen LogP contribution in [0.2, 0.25) is 0 Å². The van der Waals surface area contributed by atoms with E-state index in [4.69, 9.17) is 4.74 Å². The van der Waals surface area contributed by atoms with Crippen LogP contribution >= 0.6 is 0 Å². The molecular weight excluding hydrogens is 374 g/mol. The molecule has 1 amide bonds. The first-order valence-corrected chi connectivity index (χ1v) is 11.2. The number of benzene rings is 1. The lowest BCUT2D eigenvalue weighted by atomic mass is 9.83. The number of nitrogens with zero attached hydrogens (tertiary/aromatic N) is 2. The van der Waals surface area contributed by atoms with Gasteiger partial charge in [-0.3, -0.25) is 9.78 Å². The van der Waals surface area contributed by atoms with Crippen molar-refractivity contribution >= 4 is 16.8 Å². The van der Waals surface area contributed by atoms with Crippen LogP contribution in [0.4, 0.5) is 0 Å². The lowest BCUT2D eigenvalue weighted by Crippen LogP contribution is -2.48. The van der Waals surface area contributed by atoms with E-state index in [1.807, 2.05) is 4.90 Å². The number of hydrogen-bond donors (Lipinski definition) is 1. The Morgan fingerprint density at radius 3 is 2.83 bits per heavy atom. The van der Waals surface area contributed by atoms with E-state index in [1.54, 1.807) is 6.20 Å². The Morgan fingerprint density at radius 2 is 1.93 bits per heavy atom. The van der Waals surface area contributed by atoms with Crippen LogP contribution in [0.15, 0.2) is 36.5 Å². The summed E-state index contributed by atoms with van der Waals surface area (Å²) in [4.78, 5) is 23.4. The van der Waals surface area contributed by atoms with E-state index in [1.165, 1.54) is 46.3 Å². The number of aryl methyl sites for hydroxylation is 2. The zero-order valence-corrected chi connectivity index (χ0v) is 17.2. The number of aromatic nitrogens is 2. The second kappa shape index (κ2) is 6.95. The monoisotopic (exact) mass is 401 g/mol. The maximum atomic E-state index is 13.2. The van der Waals surface area contributed by atoms with Gasteiger partial charge in [0.2, 0.25) is 0 Å². The lowest BCUT2D eigenvalue weighted by Gasteiger charge is -2.43. The number of para-hydroxylation sites is 1. The number of nitrogens with one attached hydrogen (secondary N) is 1. The maximum Gasteiger partial charge on any atom is 0.255 e. The third-order valence-corrected chi connectivity index (χ3v) is 7.27. The molecule has 0 radical (unpaired) electrons. The lowest BCUT2D eigenvalue weighted by molar-refractivity contribution is -0.0957. The highest BCUT2D eigenvalue weighted by atomic mass is 16.5. The van der Waals surface area contributed by atoms with Gasteiger partial charge in [0.05, 0.1) is 17.9 Å². The number of carbonyl (C=O) groups is 1. The number of ether oxygens (including phenoxy) is 1. The Morgan fingerprint density at radius 1 is 1.10 bits per heavy atom. The molecule has 0 saturated carbocycles. The largest absolute Gasteiger partial charge is 0.368 e. The smallest absolute Gasteiger partial charge is 0.255 e. The SMILES string of the molecule is O=C(c1cnc2c(c1)CCCC2)N1CCC2(CC1)OCCc1c2[nH]c2ccccc12. The minimum absolute atomic E-state index is 0.110. The molecule has 154 valence electrons. The predicted molar refractivity (Wildman–Crippen MR) is 116 cm³/mol. The van der Waals surface area contributed by atoms with Crippen molar-refractivity contribution in [3.8, 4) is 0 Å². The van der Waals surface area contributed by atoms with Crippen LogP contribution in [0.25, 0.3) is 10.9 Å². The number of fused-ring (bicyclic) bond motifs is 5. The Balaban J connectivity index is 1.24. The average molecular weight is 402 g/mol. The average Bonchev–Trinajstić information content (AvgIpc) is 3.19. The van der Waals surface area contributed by atoms with Crippen LogP contribution in [0.1, 0.15) is 58.6 Å². The van der Waals surface area contributed by atoms with Crippen LogP contribution in [0.3, 0.4) is 0 Å². The summed E-state index contributed by atoms with van der Waals surface area (Å²) in [6, 6.07) is 10.6. The van der Waals surface area contributed by atoms with Crippen molar-refractivity contribution in [3.63, 3.8) is 0 Å². The van der Waals surface area contributed by atoms with Gasteiger partial charge in [-0.2, -0.15) is 0 Å². The summed E-state index contributed by atoms with van der Waals surface area (Å²) in [6.07, 6.45) is 8.88. The van der Waals surface area contributed by atoms with E-state index in [2.05, 4.69) is 40.3 Å². The molecule has 3 aromatic rings. The molecule has 3 aliphatic rings. The van der Waals surface area contributed by atoms with Gasteiger partial charge in [0.1, 0.15) is 5.60 Å². The molecule has 30 heavy (non-hydrogen) atoms. The van der Waals surface area contributed by atoms with Gasteiger partial charge in [0.15, 0.2) is 0 Å². The van der Waals surface area contributed by atoms with E-state index < -0.39 is 0 Å². The summed E-state index contributed by atoms with van der Waals surface area (Å²) < 4.78 is 6.39. The Kier molecular flexibility index (Phi) is 4.20. The van der Waals surface area contributed by atoms with Crippen molar-refractivity contribution in [2.24, 2.45) is 0 Å². The van der Waals surface area contributed by atoms with E-state index in [9.17, 15) is 4.79 Å². The standard InChI is InChI=1S/C25H27N3O2/c29-24(18-15-17-5-1-3-7-21(17)26-16-18)28-12-10-25(11-13-28)23-20(9-14-30-25)19-6-2-4-8-22(19)27-23/h2,4,6,8,15-16,27H,1,3,5,7,9-14H2. The minimum atomic E-state index is -0.294. The van der Waals surface area contributed by atoms with Crippen molar-refractivity contribution in [3.05, 3.63) is 64.6 Å². The molecule has 0 bridgehead atoms. The minimum Gasteiger partial charge on any atom is -0.368 e. The van der Waals surface area contributed by atoms with Crippen LogP contribution in [0, 0.1) is 0 Å². The van der Waals surface area contributed by atoms with Gasteiger partial charge in [-0.25, -0.2) is 0 Å². The van der Waals surface area contributed by atoms with E-state index in [0.717, 1.165) is 44.3 Å². The summed E-state index contributed by atoms with van der Waals surface area (Å²) in [5.41, 5.74) is 6.70. The summed E-state index contributed by atoms with van der Waals surface area (Å²) in [7, 11) is 0. The summed E-state index contributed by atoms with van der Waals surface area (Å²) in [5, 5.41) is 1.31. The van der Waals surface area contributed by atoms with Crippen molar-refractivity contribution in [1.82, 2.24) is 14.9 Å². The molecule has 2 aromatic heterocycles. The van der Waals surface area contributed by atoms with Crippen molar-refractivity contribution in [1.29, 1.82) is 0 Å². The second-order valence-electron chi connectivity index (χ2n) is 8.95. The quantitative estimate of drug-likeness (QED) is 0.667. The van der Waals surface area contributed by atoms with Crippen LogP contribution in [0.5, 0.6) is 0 Å². The normalized spacial score (nSPS) is 20.2. The van der Waals surface area contributed by atoms with Gasteiger partial charge in [0, 0.05) is 35.9 Å². The van der Waals surface area contributed by atoms with Crippen LogP contribution in [-0.2, 0) is 29.6 Å². The van der Waals surface area contributed by atoms with Crippen LogP contribution in [-0.4, -0.2) is 40.5 Å². The summed E-state index contributed by atoms with van der Waals surface area (Å²) in [6.45, 7) is 2.17. The molecule has 0 unspecified atom stereocenters. The number of rotatable bonds is 1. The first-order valence-electron chi connectivity index (χ1n) is 11.2. The number of likely N-dealkylation sites (tertiary alicyclic amines) is 1. The highest BCUT2D eigenvalue weighted by molar-refractivity contribution is 5.94. The fourth-order valence-corrected chi connectivity index (χ4v) is 5.62. The highest BCUT2D eigenvalue weighted by Gasteiger charge is 2.43. The highest BCUT2D eigenvalue weighted by Crippen LogP contribution is 2.43. The first-order chi connectivity index (χ1) is 14.7. The Bertz CT molecular complexity index is 1120. The first kappa shape index (κ1) is 18.1. The molecule has 0 atom stereocenters. The molecule has 1 saturated heterocycles. The van der Waals surface area contributed by atoms with Gasteiger partial charge in [-0.05, 0) is 68.2 Å². The molecule has 1 aromatic carbocycles. The van der Waals surface area contributed by atoms with Crippen molar-refractivity contribution < 1.29 is 9.53 Å². The Labute approximate surface area is 176 Å². The number of pyridine rings is 1. The summed E-state index contributed by atoms with van der Waals surface area (Å²) >= 11 is 0. The van der Waals surface area contributed by atoms with Crippen molar-refractivity contribution in [2.75, 3.05) is 19.7 Å². The van der Waals surface area contributed by atoms with E-state index in [-0.39, 0.29) is 11.5 Å². The molecule has 5 heteroatoms. The Hall–Kier alpha value is -2.66. The van der Waals surface area contributed by atoms with Gasteiger partial charge in [-0.15, -0.1) is 0 Å². The zero-order valence-electron chi connectivity index (χ0n) is 17.2. The molecule has 1 spiro atoms. The number of carbonyl (C=O) groups excluding carboxylic acids is 1. The maximum absolute atomic E-state index is 13.2. The van der Waals surface area contributed by atoms with Crippen molar-refractivity contribution in [2.45, 2.75) is 50.5 Å². The molecule has 1 N–H and O–H groups in total. The zero-order chi connectivity index (χ0) is 20.1. The number of H-pyrrole nitrogens is 1. The molecule has 1 fully saturated rings. The molecule has 1 aliphatic carbocycles. The van der Waals surface area contributed by atoms with E-state index in [0.29, 0.717) is 13.1 Å². The summed E-state index contributed by atoms with van der Waals surface area (Å²) in [5.74, 6) is 0.110. The van der Waals surface area contributed by atoms with Gasteiger partial charge < -0.3 is 14.6 Å². The van der Waals surface area contributed by atoms with Crippen LogP contribution < -0.4 is 0 Å². The number of hydrogen-bond acceptors (Lipinski definition) is 3. The molecule has 6 rings (SSSR count). The molecule has 5 nitrogen and oxygen atoms in total. The third-order valence-electron chi connectivity index (χ3n) is 7.27. The van der Waals surface area contributed by atoms with Gasteiger partial charge in [0.25, 0.3) is 5.91 Å². The van der Waals surface area contributed by atoms with Gasteiger partial charge >= 0.3 is 0 Å². The van der Waals surface area contributed by atoms with E-state index >= 15 is 0 Å². The fourth-order valence-electron chi connectivity index (χ4n) is 5.62. The van der Waals surface area contributed by atoms with Gasteiger partial charge in [-0.1, -0.05) is 18.2 Å². The second-order valence-corrected chi connectivity index (χ2v) is 8.95. The predicted octanol–water partition coefficient (Wildman–Crippen LogP) is 4.15. The number of aromatic amines is 1. The topological polar surface area (TPSA) is 58.2 Å². The number of piperidine rings is 1. The molecular formula is C25H27N3O2. The fraction of sp³-hybridized carbons (Fsp3) is 0.440.